The highest BCUT2D eigenvalue weighted by Gasteiger charge is 2.36. The van der Waals surface area contributed by atoms with E-state index in [4.69, 9.17) is 4.42 Å². The minimum absolute atomic E-state index is 0.0540. The smallest absolute Gasteiger partial charge is 0.249 e. The monoisotopic (exact) mass is 446 g/mol. The molecule has 1 aromatic rings. The van der Waals surface area contributed by atoms with Crippen LogP contribution >= 0.6 is 0 Å². The van der Waals surface area contributed by atoms with Gasteiger partial charge in [0, 0.05) is 26.2 Å². The Bertz CT molecular complexity index is 833. The number of amides is 4. The first-order valence-corrected chi connectivity index (χ1v) is 10.9. The van der Waals surface area contributed by atoms with Crippen molar-refractivity contribution in [3.63, 3.8) is 0 Å². The molecule has 0 bridgehead atoms. The number of hydrogen-bond acceptors (Lipinski definition) is 5. The second-order valence-electron chi connectivity index (χ2n) is 8.52. The third kappa shape index (κ3) is 6.21. The quantitative estimate of drug-likeness (QED) is 0.432. The van der Waals surface area contributed by atoms with Crippen molar-refractivity contribution >= 4 is 24.1 Å². The Balaban J connectivity index is 2.12. The number of furan rings is 1. The lowest BCUT2D eigenvalue weighted by Crippen LogP contribution is -2.47. The molecule has 2 rings (SSSR count). The van der Waals surface area contributed by atoms with Crippen LogP contribution in [0.5, 0.6) is 0 Å². The lowest BCUT2D eigenvalue weighted by Gasteiger charge is -2.31. The number of rotatable bonds is 10. The fourth-order valence-corrected chi connectivity index (χ4v) is 3.96. The minimum atomic E-state index is -0.514. The van der Waals surface area contributed by atoms with E-state index < -0.39 is 6.04 Å². The van der Waals surface area contributed by atoms with Gasteiger partial charge in [-0.3, -0.25) is 19.2 Å². The van der Waals surface area contributed by atoms with Gasteiger partial charge < -0.3 is 24.4 Å². The van der Waals surface area contributed by atoms with Gasteiger partial charge in [0.05, 0.1) is 25.4 Å². The van der Waals surface area contributed by atoms with Gasteiger partial charge in [-0.25, -0.2) is 0 Å². The van der Waals surface area contributed by atoms with Crippen LogP contribution in [-0.2, 0) is 25.7 Å². The largest absolute Gasteiger partial charge is 0.467 e. The van der Waals surface area contributed by atoms with Gasteiger partial charge in [0.1, 0.15) is 11.8 Å². The molecule has 1 aliphatic rings. The Labute approximate surface area is 189 Å². The van der Waals surface area contributed by atoms with E-state index in [1.807, 2.05) is 19.9 Å². The molecule has 0 radical (unpaired) electrons. The van der Waals surface area contributed by atoms with Crippen LogP contribution in [0.2, 0.25) is 0 Å². The molecular weight excluding hydrogens is 412 g/mol. The highest BCUT2D eigenvalue weighted by molar-refractivity contribution is 5.97. The van der Waals surface area contributed by atoms with E-state index in [1.165, 1.54) is 4.90 Å². The maximum Gasteiger partial charge on any atom is 0.249 e. The van der Waals surface area contributed by atoms with Crippen molar-refractivity contribution in [1.82, 2.24) is 20.0 Å². The van der Waals surface area contributed by atoms with Gasteiger partial charge in [-0.2, -0.15) is 0 Å². The van der Waals surface area contributed by atoms with E-state index in [0.717, 1.165) is 6.42 Å². The van der Waals surface area contributed by atoms with Crippen LogP contribution in [0.4, 0.5) is 0 Å². The third-order valence-corrected chi connectivity index (χ3v) is 5.77. The summed E-state index contributed by atoms with van der Waals surface area (Å²) in [4.78, 5) is 53.8. The fraction of sp³-hybridized carbons (Fsp3) is 0.565. The molecule has 1 fully saturated rings. The molecule has 2 heterocycles. The third-order valence-electron chi connectivity index (χ3n) is 5.77. The first-order valence-electron chi connectivity index (χ1n) is 10.9. The summed E-state index contributed by atoms with van der Waals surface area (Å²) < 4.78 is 5.32. The van der Waals surface area contributed by atoms with E-state index in [1.54, 1.807) is 49.2 Å². The van der Waals surface area contributed by atoms with Crippen molar-refractivity contribution < 1.29 is 23.6 Å². The van der Waals surface area contributed by atoms with Gasteiger partial charge in [0.15, 0.2) is 0 Å². The number of hydrogen-bond donors (Lipinski definition) is 1. The molecule has 0 unspecified atom stereocenters. The predicted molar refractivity (Wildman–Crippen MR) is 119 cm³/mol. The van der Waals surface area contributed by atoms with Crippen molar-refractivity contribution in [3.8, 4) is 0 Å². The summed E-state index contributed by atoms with van der Waals surface area (Å²) in [5, 5.41) is 2.37. The molecule has 1 aliphatic heterocycles. The second kappa shape index (κ2) is 11.5. The summed E-state index contributed by atoms with van der Waals surface area (Å²) >= 11 is 0. The summed E-state index contributed by atoms with van der Waals surface area (Å²) in [6.45, 7) is 6.39. The van der Waals surface area contributed by atoms with E-state index >= 15 is 0 Å². The summed E-state index contributed by atoms with van der Waals surface area (Å²) in [6, 6.07) is 2.75. The number of nitrogens with zero attached hydrogens (tertiary/aromatic N) is 3. The van der Waals surface area contributed by atoms with Gasteiger partial charge in [-0.1, -0.05) is 19.9 Å². The van der Waals surface area contributed by atoms with E-state index in [2.05, 4.69) is 5.32 Å². The summed E-state index contributed by atoms with van der Waals surface area (Å²) in [7, 11) is 3.36. The number of carbonyl (C=O) groups is 4. The van der Waals surface area contributed by atoms with Crippen molar-refractivity contribution in [1.29, 1.82) is 0 Å². The zero-order valence-corrected chi connectivity index (χ0v) is 19.5. The molecule has 4 amide bonds. The normalized spacial score (nSPS) is 17.2. The Morgan fingerprint density at radius 3 is 2.62 bits per heavy atom. The molecule has 0 saturated carbocycles. The SMILES string of the molecule is CC(=C[C@H](C(C)C)N(C)C(=O)CNC=O)C(=O)N1CCC[C@H]1C(=O)N(C)Cc1ccco1. The van der Waals surface area contributed by atoms with Crippen molar-refractivity contribution in [2.45, 2.75) is 52.2 Å². The van der Waals surface area contributed by atoms with Crippen LogP contribution in [0.1, 0.15) is 39.4 Å². The second-order valence-corrected chi connectivity index (χ2v) is 8.52. The Morgan fingerprint density at radius 1 is 1.31 bits per heavy atom. The van der Waals surface area contributed by atoms with Gasteiger partial charge in [-0.05, 0) is 37.8 Å². The maximum absolute atomic E-state index is 13.2. The van der Waals surface area contributed by atoms with Crippen LogP contribution in [0.3, 0.4) is 0 Å². The molecule has 1 saturated heterocycles. The first-order chi connectivity index (χ1) is 15.2. The molecule has 9 nitrogen and oxygen atoms in total. The van der Waals surface area contributed by atoms with Gasteiger partial charge in [0.25, 0.3) is 0 Å². The highest BCUT2D eigenvalue weighted by atomic mass is 16.3. The zero-order valence-electron chi connectivity index (χ0n) is 19.5. The van der Waals surface area contributed by atoms with Crippen molar-refractivity contribution in [2.24, 2.45) is 5.92 Å². The fourth-order valence-electron chi connectivity index (χ4n) is 3.96. The van der Waals surface area contributed by atoms with Crippen molar-refractivity contribution in [3.05, 3.63) is 35.8 Å². The number of carbonyl (C=O) groups excluding carboxylic acids is 4. The van der Waals surface area contributed by atoms with Gasteiger partial charge >= 0.3 is 0 Å². The Hall–Kier alpha value is -3.10. The van der Waals surface area contributed by atoms with E-state index in [9.17, 15) is 19.2 Å². The zero-order chi connectivity index (χ0) is 23.8. The van der Waals surface area contributed by atoms with Crippen LogP contribution in [0, 0.1) is 5.92 Å². The predicted octanol–water partition coefficient (Wildman–Crippen LogP) is 1.40. The Morgan fingerprint density at radius 2 is 2.03 bits per heavy atom. The molecular formula is C23H34N4O5. The van der Waals surface area contributed by atoms with Crippen LogP contribution < -0.4 is 5.32 Å². The highest BCUT2D eigenvalue weighted by Crippen LogP contribution is 2.23. The molecule has 32 heavy (non-hydrogen) atoms. The molecule has 9 heteroatoms. The van der Waals surface area contributed by atoms with Crippen LogP contribution in [0.15, 0.2) is 34.5 Å². The average molecular weight is 447 g/mol. The number of likely N-dealkylation sites (tertiary alicyclic amines) is 1. The van der Waals surface area contributed by atoms with Crippen molar-refractivity contribution in [2.75, 3.05) is 27.2 Å². The number of nitrogens with one attached hydrogen (secondary N) is 1. The average Bonchev–Trinajstić information content (AvgIpc) is 3.45. The molecule has 0 aliphatic carbocycles. The summed E-state index contributed by atoms with van der Waals surface area (Å²) in [5.74, 6) is 0.168. The van der Waals surface area contributed by atoms with Gasteiger partial charge in [-0.15, -0.1) is 0 Å². The molecule has 1 aromatic heterocycles. The lowest BCUT2D eigenvalue weighted by atomic mass is 9.99. The molecule has 1 N–H and O–H groups in total. The number of likely N-dealkylation sites (N-methyl/N-ethyl adjacent to an activating group) is 2. The molecule has 2 atom stereocenters. The molecule has 0 aromatic carbocycles. The summed E-state index contributed by atoms with van der Waals surface area (Å²) in [6.07, 6.45) is 5.19. The maximum atomic E-state index is 13.2. The van der Waals surface area contributed by atoms with Gasteiger partial charge in [0.2, 0.25) is 24.1 Å². The lowest BCUT2D eigenvalue weighted by molar-refractivity contribution is -0.141. The first kappa shape index (κ1) is 25.2. The van der Waals surface area contributed by atoms with E-state index in [0.29, 0.717) is 37.3 Å². The Kier molecular flexibility index (Phi) is 9.04. The molecule has 0 spiro atoms. The summed E-state index contributed by atoms with van der Waals surface area (Å²) in [5.41, 5.74) is 0.486. The topological polar surface area (TPSA) is 103 Å². The van der Waals surface area contributed by atoms with Crippen LogP contribution in [-0.4, -0.2) is 78.1 Å². The standard InChI is InChI=1S/C23H34N4O5/c1-16(2)20(26(5)21(29)13-24-15-28)12-17(3)22(30)27-10-6-9-19(27)23(31)25(4)14-18-8-7-11-32-18/h7-8,11-12,15-16,19-20H,6,9-10,13-14H2,1-5H3,(H,24,28)/t19-,20+/m0/s1. The van der Waals surface area contributed by atoms with Crippen LogP contribution in [0.25, 0.3) is 0 Å². The molecule has 176 valence electrons. The minimum Gasteiger partial charge on any atom is -0.467 e. The van der Waals surface area contributed by atoms with E-state index in [-0.39, 0.29) is 36.2 Å².